The van der Waals surface area contributed by atoms with Crippen LogP contribution in [0.2, 0.25) is 5.02 Å². The lowest BCUT2D eigenvalue weighted by molar-refractivity contribution is 0.189. The van der Waals surface area contributed by atoms with E-state index in [9.17, 15) is 13.2 Å². The highest BCUT2D eigenvalue weighted by Gasteiger charge is 2.35. The van der Waals surface area contributed by atoms with Crippen molar-refractivity contribution in [3.8, 4) is 11.4 Å². The third-order valence-electron chi connectivity index (χ3n) is 6.71. The summed E-state index contributed by atoms with van der Waals surface area (Å²) in [5.41, 5.74) is 0.991. The summed E-state index contributed by atoms with van der Waals surface area (Å²) in [6.45, 7) is 9.43. The molecule has 8 nitrogen and oxygen atoms in total. The van der Waals surface area contributed by atoms with Gasteiger partial charge >= 0.3 is 5.56 Å². The van der Waals surface area contributed by atoms with Gasteiger partial charge in [0.25, 0.3) is 0 Å². The first-order valence-corrected chi connectivity index (χ1v) is 13.6. The van der Waals surface area contributed by atoms with Gasteiger partial charge in [-0.1, -0.05) is 31.5 Å². The lowest BCUT2D eigenvalue weighted by atomic mass is 9.92. The normalized spacial score (nSPS) is 21.2. The van der Waals surface area contributed by atoms with Gasteiger partial charge in [0, 0.05) is 31.2 Å². The van der Waals surface area contributed by atoms with Gasteiger partial charge in [0.2, 0.25) is 15.8 Å². The average molecular weight is 509 g/mol. The van der Waals surface area contributed by atoms with Crippen LogP contribution in [0.1, 0.15) is 47.0 Å². The minimum absolute atomic E-state index is 0.0562. The van der Waals surface area contributed by atoms with E-state index >= 15 is 0 Å². The average Bonchev–Trinajstić information content (AvgIpc) is 3.13. The van der Waals surface area contributed by atoms with Crippen LogP contribution in [0.15, 0.2) is 35.3 Å². The Morgan fingerprint density at radius 2 is 1.88 bits per heavy atom. The van der Waals surface area contributed by atoms with E-state index in [-0.39, 0.29) is 22.8 Å². The van der Waals surface area contributed by atoms with Gasteiger partial charge in [-0.15, -0.1) is 0 Å². The molecule has 0 amide bonds. The number of rotatable bonds is 6. The molecule has 186 valence electrons. The Balaban J connectivity index is 1.67. The van der Waals surface area contributed by atoms with Crippen molar-refractivity contribution >= 4 is 27.3 Å². The minimum Gasteiger partial charge on any atom is -0.483 e. The Kier molecular flexibility index (Phi) is 6.99. The molecule has 2 fully saturated rings. The van der Waals surface area contributed by atoms with E-state index in [4.69, 9.17) is 16.3 Å². The number of aromatic nitrogens is 2. The highest BCUT2D eigenvalue weighted by Crippen LogP contribution is 2.39. The topological polar surface area (TPSA) is 84.7 Å². The largest absolute Gasteiger partial charge is 0.483 e. The first-order chi connectivity index (χ1) is 16.0. The molecular weight excluding hydrogens is 476 g/mol. The molecule has 10 heteroatoms. The second kappa shape index (κ2) is 9.51. The lowest BCUT2D eigenvalue weighted by Crippen LogP contribution is -2.50. The molecule has 1 aliphatic heterocycles. The van der Waals surface area contributed by atoms with Crippen molar-refractivity contribution in [2.45, 2.75) is 58.3 Å². The van der Waals surface area contributed by atoms with Crippen LogP contribution in [0, 0.1) is 5.41 Å². The molecule has 4 rings (SSSR count). The van der Waals surface area contributed by atoms with Crippen molar-refractivity contribution in [2.75, 3.05) is 31.1 Å². The van der Waals surface area contributed by atoms with Gasteiger partial charge < -0.3 is 9.64 Å². The summed E-state index contributed by atoms with van der Waals surface area (Å²) >= 11 is 6.15. The molecule has 0 radical (unpaired) electrons. The number of ether oxygens (including phenoxy) is 1. The van der Waals surface area contributed by atoms with Gasteiger partial charge in [-0.05, 0) is 56.7 Å². The Bertz CT molecular complexity index is 1200. The fourth-order valence-corrected chi connectivity index (χ4v) is 6.13. The fraction of sp³-hybridized carbons (Fsp3) is 0.583. The van der Waals surface area contributed by atoms with E-state index in [1.54, 1.807) is 44.3 Å². The molecular formula is C24H33ClN4O4S. The van der Waals surface area contributed by atoms with E-state index in [1.165, 1.54) is 8.99 Å². The summed E-state index contributed by atoms with van der Waals surface area (Å²) in [5.74, 6) is 0.262. The number of halogens is 1. The maximum atomic E-state index is 13.6. The molecule has 1 aromatic carbocycles. The predicted octanol–water partition coefficient (Wildman–Crippen LogP) is 3.70. The summed E-state index contributed by atoms with van der Waals surface area (Å²) in [6.07, 6.45) is 4.37. The maximum absolute atomic E-state index is 13.6. The first-order valence-electron chi connectivity index (χ1n) is 11.8. The highest BCUT2D eigenvalue weighted by atomic mass is 35.5. The van der Waals surface area contributed by atoms with Crippen molar-refractivity contribution in [1.29, 1.82) is 0 Å². The summed E-state index contributed by atoms with van der Waals surface area (Å²) < 4.78 is 34.4. The van der Waals surface area contributed by atoms with Gasteiger partial charge in [0.1, 0.15) is 5.69 Å². The fourth-order valence-electron chi connectivity index (χ4n) is 4.68. The van der Waals surface area contributed by atoms with Crippen molar-refractivity contribution in [3.63, 3.8) is 0 Å². The van der Waals surface area contributed by atoms with Crippen molar-refractivity contribution in [1.82, 2.24) is 14.1 Å². The summed E-state index contributed by atoms with van der Waals surface area (Å²) in [4.78, 5) is 15.6. The van der Waals surface area contributed by atoms with Crippen LogP contribution < -0.4 is 15.2 Å². The van der Waals surface area contributed by atoms with Crippen LogP contribution >= 0.6 is 11.6 Å². The molecule has 1 atom stereocenters. The quantitative estimate of drug-likeness (QED) is 0.591. The van der Waals surface area contributed by atoms with E-state index in [2.05, 4.69) is 18.9 Å². The standard InChI is InChI=1S/C24H33ClN4O4S/c1-17(2)34(31,32)28-12-10-27(11-13-28)21-16-26-29(19-7-5-6-18(25)14-19)23(30)22(21)33-20-8-9-24(3,4)15-20/h5-7,14,16-17,20H,8-13,15H2,1-4H3. The zero-order valence-electron chi connectivity index (χ0n) is 20.2. The predicted molar refractivity (Wildman–Crippen MR) is 135 cm³/mol. The van der Waals surface area contributed by atoms with E-state index < -0.39 is 15.3 Å². The molecule has 0 N–H and O–H groups in total. The van der Waals surface area contributed by atoms with Crippen LogP contribution in [0.4, 0.5) is 5.69 Å². The van der Waals surface area contributed by atoms with E-state index in [1.807, 2.05) is 4.90 Å². The molecule has 1 aromatic heterocycles. The van der Waals surface area contributed by atoms with Gasteiger partial charge in [-0.25, -0.2) is 8.42 Å². The van der Waals surface area contributed by atoms with Crippen LogP contribution in [0.5, 0.6) is 5.75 Å². The second-order valence-corrected chi connectivity index (χ2v) is 13.1. The van der Waals surface area contributed by atoms with Crippen LogP contribution in [0.3, 0.4) is 0 Å². The number of benzene rings is 1. The Hall–Kier alpha value is -2.10. The van der Waals surface area contributed by atoms with Gasteiger partial charge in [-0.3, -0.25) is 4.79 Å². The van der Waals surface area contributed by atoms with Crippen LogP contribution in [0.25, 0.3) is 5.69 Å². The summed E-state index contributed by atoms with van der Waals surface area (Å²) in [5, 5.41) is 4.46. The number of hydrogen-bond donors (Lipinski definition) is 0. The smallest absolute Gasteiger partial charge is 0.316 e. The Morgan fingerprint density at radius 1 is 1.18 bits per heavy atom. The summed E-state index contributed by atoms with van der Waals surface area (Å²) in [6, 6.07) is 6.98. The SMILES string of the molecule is CC(C)S(=O)(=O)N1CCN(c2cnn(-c3cccc(Cl)c3)c(=O)c2OC2CCC(C)(C)C2)CC1. The van der Waals surface area contributed by atoms with Crippen LogP contribution in [-0.4, -0.2) is 60.0 Å². The number of hydrogen-bond acceptors (Lipinski definition) is 6. The van der Waals surface area contributed by atoms with Crippen molar-refractivity contribution in [2.24, 2.45) is 5.41 Å². The molecule has 2 aromatic rings. The molecule has 1 saturated carbocycles. The molecule has 34 heavy (non-hydrogen) atoms. The van der Waals surface area contributed by atoms with E-state index in [0.29, 0.717) is 42.6 Å². The zero-order valence-corrected chi connectivity index (χ0v) is 21.8. The van der Waals surface area contributed by atoms with Gasteiger partial charge in [-0.2, -0.15) is 14.1 Å². The zero-order chi connectivity index (χ0) is 24.7. The molecule has 1 unspecified atom stereocenters. The van der Waals surface area contributed by atoms with Crippen molar-refractivity contribution in [3.05, 3.63) is 45.8 Å². The first kappa shape index (κ1) is 25.0. The molecule has 0 spiro atoms. The maximum Gasteiger partial charge on any atom is 0.316 e. The van der Waals surface area contributed by atoms with Gasteiger partial charge in [0.05, 0.1) is 23.2 Å². The highest BCUT2D eigenvalue weighted by molar-refractivity contribution is 7.89. The summed E-state index contributed by atoms with van der Waals surface area (Å²) in [7, 11) is -3.32. The van der Waals surface area contributed by atoms with Gasteiger partial charge in [0.15, 0.2) is 0 Å². The molecule has 1 aliphatic carbocycles. The van der Waals surface area contributed by atoms with Crippen molar-refractivity contribution < 1.29 is 13.2 Å². The third kappa shape index (κ3) is 5.11. The van der Waals surface area contributed by atoms with Crippen LogP contribution in [-0.2, 0) is 10.0 Å². The number of piperazine rings is 1. The second-order valence-electron chi connectivity index (χ2n) is 10.2. The molecule has 2 heterocycles. The Labute approximate surface area is 206 Å². The number of anilines is 1. The molecule has 1 saturated heterocycles. The Morgan fingerprint density at radius 3 is 2.47 bits per heavy atom. The third-order valence-corrected chi connectivity index (χ3v) is 9.22. The lowest BCUT2D eigenvalue weighted by Gasteiger charge is -2.36. The monoisotopic (exact) mass is 508 g/mol. The van der Waals surface area contributed by atoms with E-state index in [0.717, 1.165) is 19.3 Å². The molecule has 2 aliphatic rings. The molecule has 0 bridgehead atoms. The minimum atomic E-state index is -3.32. The number of sulfonamides is 1. The number of nitrogens with zero attached hydrogens (tertiary/aromatic N) is 4.